The Morgan fingerprint density at radius 3 is 2.58 bits per heavy atom. The zero-order valence-corrected chi connectivity index (χ0v) is 10.0. The van der Waals surface area contributed by atoms with Crippen LogP contribution in [0.2, 0.25) is 0 Å². The fraction of sp³-hybridized carbons (Fsp3) is 0.333. The van der Waals surface area contributed by atoms with Crippen molar-refractivity contribution in [2.24, 2.45) is 5.73 Å². The summed E-state index contributed by atoms with van der Waals surface area (Å²) >= 11 is 0. The van der Waals surface area contributed by atoms with Crippen molar-refractivity contribution >= 4 is 0 Å². The summed E-state index contributed by atoms with van der Waals surface area (Å²) in [4.78, 5) is 4.02. The lowest BCUT2D eigenvalue weighted by Crippen LogP contribution is -2.12. The molecule has 102 valence electrons. The van der Waals surface area contributed by atoms with Crippen molar-refractivity contribution in [3.63, 3.8) is 0 Å². The van der Waals surface area contributed by atoms with Gasteiger partial charge in [-0.15, -0.1) is 0 Å². The van der Waals surface area contributed by atoms with Crippen LogP contribution in [-0.4, -0.2) is 21.9 Å². The second-order valence-electron chi connectivity index (χ2n) is 4.12. The predicted molar refractivity (Wildman–Crippen MR) is 62.1 cm³/mol. The van der Waals surface area contributed by atoms with Crippen LogP contribution in [0.3, 0.4) is 0 Å². The van der Waals surface area contributed by atoms with Crippen molar-refractivity contribution in [1.82, 2.24) is 10.1 Å². The number of nitrogens with zero attached hydrogens (tertiary/aromatic N) is 2. The third-order valence-electron chi connectivity index (χ3n) is 2.53. The van der Waals surface area contributed by atoms with Crippen LogP contribution in [0.5, 0.6) is 0 Å². The van der Waals surface area contributed by atoms with E-state index in [9.17, 15) is 8.78 Å². The van der Waals surface area contributed by atoms with Crippen LogP contribution >= 0.6 is 0 Å². The normalized spacial score (nSPS) is 12.6. The minimum absolute atomic E-state index is 0.0893. The van der Waals surface area contributed by atoms with Crippen molar-refractivity contribution in [3.05, 3.63) is 47.1 Å². The number of benzene rings is 1. The Hall–Kier alpha value is -1.86. The van der Waals surface area contributed by atoms with Crippen LogP contribution in [0.25, 0.3) is 0 Å². The molecule has 1 aromatic carbocycles. The van der Waals surface area contributed by atoms with E-state index in [4.69, 9.17) is 15.4 Å². The lowest BCUT2D eigenvalue weighted by molar-refractivity contribution is 0.259. The van der Waals surface area contributed by atoms with Crippen LogP contribution in [-0.2, 0) is 6.42 Å². The van der Waals surface area contributed by atoms with Gasteiger partial charge in [0.15, 0.2) is 5.82 Å². The van der Waals surface area contributed by atoms with Gasteiger partial charge in [0.1, 0.15) is 11.6 Å². The molecule has 1 aromatic heterocycles. The van der Waals surface area contributed by atoms with Gasteiger partial charge in [0.05, 0.1) is 6.04 Å². The average molecular weight is 269 g/mol. The molecule has 0 bridgehead atoms. The van der Waals surface area contributed by atoms with Gasteiger partial charge in [0.2, 0.25) is 5.89 Å². The first-order valence-electron chi connectivity index (χ1n) is 5.72. The standard InChI is InChI=1S/C12H13F2N3O2/c13-8-3-7(4-9(14)6-8)5-11-16-12(19-17-11)10(15)1-2-18/h3-4,6,10,18H,1-2,5,15H2. The summed E-state index contributed by atoms with van der Waals surface area (Å²) in [7, 11) is 0. The summed E-state index contributed by atoms with van der Waals surface area (Å²) in [6.45, 7) is -0.0893. The first-order valence-corrected chi connectivity index (χ1v) is 5.72. The van der Waals surface area contributed by atoms with Crippen molar-refractivity contribution in [2.75, 3.05) is 6.61 Å². The number of hydrogen-bond donors (Lipinski definition) is 2. The Bertz CT molecular complexity index is 539. The second-order valence-corrected chi connectivity index (χ2v) is 4.12. The number of aliphatic hydroxyl groups excluding tert-OH is 1. The van der Waals surface area contributed by atoms with E-state index in [-0.39, 0.29) is 24.7 Å². The SMILES string of the molecule is NC(CCO)c1nc(Cc2cc(F)cc(F)c2)no1. The summed E-state index contributed by atoms with van der Waals surface area (Å²) in [5, 5.41) is 12.4. The van der Waals surface area contributed by atoms with Crippen LogP contribution < -0.4 is 5.73 Å². The molecule has 2 aromatic rings. The molecule has 1 heterocycles. The van der Waals surface area contributed by atoms with Crippen LogP contribution in [0.15, 0.2) is 22.7 Å². The highest BCUT2D eigenvalue weighted by Gasteiger charge is 2.14. The number of hydrogen-bond acceptors (Lipinski definition) is 5. The molecule has 0 aliphatic carbocycles. The number of aromatic nitrogens is 2. The Labute approximate surface area is 108 Å². The molecule has 7 heteroatoms. The van der Waals surface area contributed by atoms with Crippen molar-refractivity contribution in [1.29, 1.82) is 0 Å². The Balaban J connectivity index is 2.11. The average Bonchev–Trinajstić information content (AvgIpc) is 2.76. The van der Waals surface area contributed by atoms with E-state index in [1.54, 1.807) is 0 Å². The van der Waals surface area contributed by atoms with Crippen LogP contribution in [0.4, 0.5) is 8.78 Å². The Morgan fingerprint density at radius 2 is 1.95 bits per heavy atom. The lowest BCUT2D eigenvalue weighted by atomic mass is 10.1. The summed E-state index contributed by atoms with van der Waals surface area (Å²) in [6, 6.07) is 2.65. The summed E-state index contributed by atoms with van der Waals surface area (Å²) < 4.78 is 31.0. The summed E-state index contributed by atoms with van der Waals surface area (Å²) in [5.41, 5.74) is 6.09. The largest absolute Gasteiger partial charge is 0.396 e. The molecule has 19 heavy (non-hydrogen) atoms. The van der Waals surface area contributed by atoms with E-state index in [0.717, 1.165) is 6.07 Å². The minimum Gasteiger partial charge on any atom is -0.396 e. The van der Waals surface area contributed by atoms with Crippen molar-refractivity contribution < 1.29 is 18.4 Å². The molecule has 0 amide bonds. The first-order chi connectivity index (χ1) is 9.08. The molecule has 3 N–H and O–H groups in total. The van der Waals surface area contributed by atoms with E-state index >= 15 is 0 Å². The fourth-order valence-electron chi connectivity index (χ4n) is 1.65. The van der Waals surface area contributed by atoms with Gasteiger partial charge in [0, 0.05) is 19.1 Å². The maximum absolute atomic E-state index is 13.0. The predicted octanol–water partition coefficient (Wildman–Crippen LogP) is 1.32. The van der Waals surface area contributed by atoms with E-state index in [1.807, 2.05) is 0 Å². The summed E-state index contributed by atoms with van der Waals surface area (Å²) in [5.74, 6) is -0.833. The van der Waals surface area contributed by atoms with Gasteiger partial charge in [0.25, 0.3) is 0 Å². The van der Waals surface area contributed by atoms with Gasteiger partial charge in [-0.05, 0) is 24.1 Å². The van der Waals surface area contributed by atoms with E-state index in [2.05, 4.69) is 10.1 Å². The van der Waals surface area contributed by atoms with Crippen molar-refractivity contribution in [3.8, 4) is 0 Å². The Morgan fingerprint density at radius 1 is 1.26 bits per heavy atom. The molecular weight excluding hydrogens is 256 g/mol. The molecule has 0 radical (unpaired) electrons. The van der Waals surface area contributed by atoms with Crippen LogP contribution in [0, 0.1) is 11.6 Å². The number of aliphatic hydroxyl groups is 1. The number of halogens is 2. The highest BCUT2D eigenvalue weighted by molar-refractivity contribution is 5.21. The third-order valence-corrected chi connectivity index (χ3v) is 2.53. The topological polar surface area (TPSA) is 85.2 Å². The maximum Gasteiger partial charge on any atom is 0.243 e. The Kier molecular flexibility index (Phi) is 4.18. The molecule has 1 unspecified atom stereocenters. The van der Waals surface area contributed by atoms with Crippen LogP contribution in [0.1, 0.15) is 29.7 Å². The maximum atomic E-state index is 13.0. The number of rotatable bonds is 5. The fourth-order valence-corrected chi connectivity index (χ4v) is 1.65. The quantitative estimate of drug-likeness (QED) is 0.855. The summed E-state index contributed by atoms with van der Waals surface area (Å²) in [6.07, 6.45) is 0.445. The second kappa shape index (κ2) is 5.85. The monoisotopic (exact) mass is 269 g/mol. The first kappa shape index (κ1) is 13.6. The molecule has 0 aliphatic rings. The molecule has 0 spiro atoms. The van der Waals surface area contributed by atoms with E-state index < -0.39 is 17.7 Å². The molecule has 2 rings (SSSR count). The van der Waals surface area contributed by atoms with Gasteiger partial charge in [-0.25, -0.2) is 8.78 Å². The zero-order chi connectivity index (χ0) is 13.8. The molecular formula is C12H13F2N3O2. The molecule has 0 saturated heterocycles. The zero-order valence-electron chi connectivity index (χ0n) is 10.0. The molecule has 0 aliphatic heterocycles. The van der Waals surface area contributed by atoms with Gasteiger partial charge < -0.3 is 15.4 Å². The third kappa shape index (κ3) is 3.55. The van der Waals surface area contributed by atoms with Crippen molar-refractivity contribution in [2.45, 2.75) is 18.9 Å². The molecule has 5 nitrogen and oxygen atoms in total. The molecule has 0 fully saturated rings. The lowest BCUT2D eigenvalue weighted by Gasteiger charge is -2.01. The van der Waals surface area contributed by atoms with E-state index in [0.29, 0.717) is 12.0 Å². The van der Waals surface area contributed by atoms with Gasteiger partial charge >= 0.3 is 0 Å². The smallest absolute Gasteiger partial charge is 0.243 e. The van der Waals surface area contributed by atoms with E-state index in [1.165, 1.54) is 12.1 Å². The molecule has 0 saturated carbocycles. The number of nitrogens with two attached hydrogens (primary N) is 1. The highest BCUT2D eigenvalue weighted by Crippen LogP contribution is 2.14. The molecule has 1 atom stereocenters. The van der Waals surface area contributed by atoms with Gasteiger partial charge in [-0.2, -0.15) is 4.98 Å². The van der Waals surface area contributed by atoms with Gasteiger partial charge in [-0.1, -0.05) is 5.16 Å². The highest BCUT2D eigenvalue weighted by atomic mass is 19.1. The van der Waals surface area contributed by atoms with Gasteiger partial charge in [-0.3, -0.25) is 0 Å². The minimum atomic E-state index is -0.657.